The fourth-order valence-corrected chi connectivity index (χ4v) is 3.53. The van der Waals surface area contributed by atoms with Crippen LogP contribution >= 0.6 is 0 Å². The van der Waals surface area contributed by atoms with Gasteiger partial charge < -0.3 is 5.11 Å². The minimum Gasteiger partial charge on any atom is -0.508 e. The van der Waals surface area contributed by atoms with Gasteiger partial charge in [0, 0.05) is 37.2 Å². The van der Waals surface area contributed by atoms with Crippen LogP contribution in [-0.2, 0) is 6.54 Å². The highest BCUT2D eigenvalue weighted by Gasteiger charge is 2.24. The van der Waals surface area contributed by atoms with Gasteiger partial charge in [0.15, 0.2) is 0 Å². The smallest absolute Gasteiger partial charge is 0.115 e. The molecule has 0 spiro atoms. The molecule has 1 atom stereocenters. The zero-order chi connectivity index (χ0) is 17.1. The van der Waals surface area contributed by atoms with E-state index in [1.165, 1.54) is 5.56 Å². The summed E-state index contributed by atoms with van der Waals surface area (Å²) in [7, 11) is 0. The molecule has 126 valence electrons. The van der Waals surface area contributed by atoms with E-state index in [1.807, 2.05) is 36.7 Å². The standard InChI is InChI=1S/C21H21N3O/c25-20-5-1-3-16(11-20)14-24-10-7-19(15-24)17-6-9-23-21(12-17)18-4-2-8-22-13-18/h1-6,8-9,11-13,19,25H,7,10,14-15H2. The monoisotopic (exact) mass is 331 g/mol. The highest BCUT2D eigenvalue weighted by Crippen LogP contribution is 2.30. The molecule has 4 nitrogen and oxygen atoms in total. The summed E-state index contributed by atoms with van der Waals surface area (Å²) in [6, 6.07) is 15.8. The third-order valence-corrected chi connectivity index (χ3v) is 4.80. The van der Waals surface area contributed by atoms with Crippen LogP contribution in [0.1, 0.15) is 23.5 Å². The van der Waals surface area contributed by atoms with E-state index in [1.54, 1.807) is 12.3 Å². The normalized spacial score (nSPS) is 17.7. The second-order valence-corrected chi connectivity index (χ2v) is 6.61. The number of phenols is 1. The minimum absolute atomic E-state index is 0.337. The van der Waals surface area contributed by atoms with Gasteiger partial charge in [-0.15, -0.1) is 0 Å². The first-order valence-corrected chi connectivity index (χ1v) is 8.64. The number of aromatic nitrogens is 2. The molecule has 1 aliphatic heterocycles. The highest BCUT2D eigenvalue weighted by molar-refractivity contribution is 5.58. The molecule has 0 radical (unpaired) electrons. The SMILES string of the molecule is Oc1cccc(CN2CCC(c3ccnc(-c4cccnc4)c3)C2)c1. The number of rotatable bonds is 4. The number of hydrogen-bond donors (Lipinski definition) is 1. The maximum absolute atomic E-state index is 9.63. The van der Waals surface area contributed by atoms with E-state index in [0.29, 0.717) is 11.7 Å². The molecule has 1 N–H and O–H groups in total. The maximum Gasteiger partial charge on any atom is 0.115 e. The predicted octanol–water partition coefficient (Wildman–Crippen LogP) is 3.84. The lowest BCUT2D eigenvalue weighted by molar-refractivity contribution is 0.326. The van der Waals surface area contributed by atoms with E-state index in [4.69, 9.17) is 0 Å². The van der Waals surface area contributed by atoms with Gasteiger partial charge in [-0.25, -0.2) is 0 Å². The summed E-state index contributed by atoms with van der Waals surface area (Å²) in [6.07, 6.45) is 6.68. The number of benzene rings is 1. The first kappa shape index (κ1) is 15.8. The number of phenolic OH excluding ortho intramolecular Hbond substituents is 1. The van der Waals surface area contributed by atoms with Gasteiger partial charge in [-0.1, -0.05) is 12.1 Å². The van der Waals surface area contributed by atoms with Crippen molar-refractivity contribution in [3.8, 4) is 17.0 Å². The zero-order valence-electron chi connectivity index (χ0n) is 14.0. The van der Waals surface area contributed by atoms with Crippen LogP contribution in [0.15, 0.2) is 67.1 Å². The Kier molecular flexibility index (Phi) is 4.44. The number of nitrogens with zero attached hydrogens (tertiary/aromatic N) is 3. The summed E-state index contributed by atoms with van der Waals surface area (Å²) in [6.45, 7) is 2.99. The summed E-state index contributed by atoms with van der Waals surface area (Å²) in [5.41, 5.74) is 4.54. The summed E-state index contributed by atoms with van der Waals surface area (Å²) < 4.78 is 0. The second-order valence-electron chi connectivity index (χ2n) is 6.61. The van der Waals surface area contributed by atoms with Crippen molar-refractivity contribution in [2.45, 2.75) is 18.9 Å². The molecule has 3 heterocycles. The molecular formula is C21H21N3O. The predicted molar refractivity (Wildman–Crippen MR) is 98.2 cm³/mol. The van der Waals surface area contributed by atoms with Crippen LogP contribution < -0.4 is 0 Å². The molecule has 1 aliphatic rings. The van der Waals surface area contributed by atoms with E-state index in [2.05, 4.69) is 33.1 Å². The van der Waals surface area contributed by atoms with Gasteiger partial charge >= 0.3 is 0 Å². The summed E-state index contributed by atoms with van der Waals surface area (Å²) in [5, 5.41) is 9.63. The molecule has 1 fully saturated rings. The van der Waals surface area contributed by atoms with Gasteiger partial charge in [0.1, 0.15) is 5.75 Å². The number of likely N-dealkylation sites (tertiary alicyclic amines) is 1. The van der Waals surface area contributed by atoms with Gasteiger partial charge in [-0.05, 0) is 66.4 Å². The Bertz CT molecular complexity index is 851. The Balaban J connectivity index is 1.47. The quantitative estimate of drug-likeness (QED) is 0.789. The van der Waals surface area contributed by atoms with Crippen LogP contribution in [-0.4, -0.2) is 33.1 Å². The molecule has 0 amide bonds. The third kappa shape index (κ3) is 3.69. The minimum atomic E-state index is 0.337. The fraction of sp³-hybridized carbons (Fsp3) is 0.238. The van der Waals surface area contributed by atoms with Crippen molar-refractivity contribution < 1.29 is 5.11 Å². The number of pyridine rings is 2. The first-order chi connectivity index (χ1) is 12.3. The van der Waals surface area contributed by atoms with Crippen molar-refractivity contribution in [3.63, 3.8) is 0 Å². The van der Waals surface area contributed by atoms with Crippen molar-refractivity contribution in [3.05, 3.63) is 78.2 Å². The zero-order valence-corrected chi connectivity index (χ0v) is 14.0. The van der Waals surface area contributed by atoms with E-state index in [9.17, 15) is 5.11 Å². The molecule has 3 aromatic rings. The van der Waals surface area contributed by atoms with Crippen LogP contribution in [0.3, 0.4) is 0 Å². The molecule has 2 aromatic heterocycles. The summed E-state index contributed by atoms with van der Waals surface area (Å²) in [5.74, 6) is 0.860. The molecule has 0 saturated carbocycles. The lowest BCUT2D eigenvalue weighted by Crippen LogP contribution is -2.19. The average Bonchev–Trinajstić information content (AvgIpc) is 3.11. The van der Waals surface area contributed by atoms with Crippen molar-refractivity contribution in [2.75, 3.05) is 13.1 Å². The van der Waals surface area contributed by atoms with Gasteiger partial charge in [0.05, 0.1) is 5.69 Å². The molecule has 1 aromatic carbocycles. The number of hydrogen-bond acceptors (Lipinski definition) is 4. The van der Waals surface area contributed by atoms with E-state index in [0.717, 1.165) is 42.9 Å². The molecule has 1 saturated heterocycles. The molecule has 1 unspecified atom stereocenters. The topological polar surface area (TPSA) is 49.2 Å². The Labute approximate surface area is 147 Å². The molecule has 0 bridgehead atoms. The highest BCUT2D eigenvalue weighted by atomic mass is 16.3. The van der Waals surface area contributed by atoms with Crippen molar-refractivity contribution in [1.29, 1.82) is 0 Å². The molecule has 4 heteroatoms. The van der Waals surface area contributed by atoms with Crippen LogP contribution in [0.2, 0.25) is 0 Å². The Morgan fingerprint density at radius 1 is 1.08 bits per heavy atom. The summed E-state index contributed by atoms with van der Waals surface area (Å²) >= 11 is 0. The Morgan fingerprint density at radius 3 is 2.88 bits per heavy atom. The van der Waals surface area contributed by atoms with Gasteiger partial charge in [-0.3, -0.25) is 14.9 Å². The van der Waals surface area contributed by atoms with Crippen LogP contribution in [0.25, 0.3) is 11.3 Å². The second kappa shape index (κ2) is 7.03. The average molecular weight is 331 g/mol. The van der Waals surface area contributed by atoms with Gasteiger partial charge in [0.25, 0.3) is 0 Å². The van der Waals surface area contributed by atoms with E-state index >= 15 is 0 Å². The molecule has 0 aliphatic carbocycles. The van der Waals surface area contributed by atoms with Gasteiger partial charge in [0.2, 0.25) is 0 Å². The van der Waals surface area contributed by atoms with Crippen molar-refractivity contribution >= 4 is 0 Å². The number of aromatic hydroxyl groups is 1. The maximum atomic E-state index is 9.63. The Hall–Kier alpha value is -2.72. The van der Waals surface area contributed by atoms with Crippen molar-refractivity contribution in [1.82, 2.24) is 14.9 Å². The lowest BCUT2D eigenvalue weighted by Gasteiger charge is -2.16. The van der Waals surface area contributed by atoms with Crippen LogP contribution in [0.4, 0.5) is 0 Å². The van der Waals surface area contributed by atoms with Crippen molar-refractivity contribution in [2.24, 2.45) is 0 Å². The molecule has 4 rings (SSSR count). The van der Waals surface area contributed by atoms with E-state index < -0.39 is 0 Å². The van der Waals surface area contributed by atoms with E-state index in [-0.39, 0.29) is 0 Å². The fourth-order valence-electron chi connectivity index (χ4n) is 3.53. The third-order valence-electron chi connectivity index (χ3n) is 4.80. The first-order valence-electron chi connectivity index (χ1n) is 8.64. The van der Waals surface area contributed by atoms with Crippen LogP contribution in [0, 0.1) is 0 Å². The van der Waals surface area contributed by atoms with Crippen LogP contribution in [0.5, 0.6) is 5.75 Å². The van der Waals surface area contributed by atoms with Gasteiger partial charge in [-0.2, -0.15) is 0 Å². The molecule has 25 heavy (non-hydrogen) atoms. The molecular weight excluding hydrogens is 310 g/mol. The summed E-state index contributed by atoms with van der Waals surface area (Å²) in [4.78, 5) is 11.1. The largest absolute Gasteiger partial charge is 0.508 e. The Morgan fingerprint density at radius 2 is 2.04 bits per heavy atom. The lowest BCUT2D eigenvalue weighted by atomic mass is 9.98.